The van der Waals surface area contributed by atoms with Crippen molar-refractivity contribution in [1.29, 1.82) is 0 Å². The lowest BCUT2D eigenvalue weighted by atomic mass is 10.1. The van der Waals surface area contributed by atoms with E-state index in [2.05, 4.69) is 15.3 Å². The molecule has 1 aliphatic rings. The van der Waals surface area contributed by atoms with Crippen LogP contribution in [0.15, 0.2) is 36.7 Å². The van der Waals surface area contributed by atoms with Crippen molar-refractivity contribution in [2.24, 2.45) is 0 Å². The van der Waals surface area contributed by atoms with E-state index >= 15 is 0 Å². The topological polar surface area (TPSA) is 75.2 Å². The van der Waals surface area contributed by atoms with Crippen molar-refractivity contribution in [3.05, 3.63) is 53.6 Å². The number of aryl methyl sites for hydroxylation is 1. The van der Waals surface area contributed by atoms with E-state index in [1.165, 1.54) is 11.1 Å². The van der Waals surface area contributed by atoms with Crippen LogP contribution in [-0.2, 0) is 11.3 Å². The second-order valence-electron chi connectivity index (χ2n) is 4.91. The number of nitrogens with one attached hydrogen (secondary N) is 1. The van der Waals surface area contributed by atoms with Crippen LogP contribution < -0.4 is 5.32 Å². The predicted octanol–water partition coefficient (Wildman–Crippen LogP) is 1.38. The highest BCUT2D eigenvalue weighted by molar-refractivity contribution is 5.99. The van der Waals surface area contributed by atoms with Crippen LogP contribution in [0.3, 0.4) is 0 Å². The summed E-state index contributed by atoms with van der Waals surface area (Å²) < 4.78 is 0. The Kier molecular flexibility index (Phi) is 3.35. The zero-order valence-corrected chi connectivity index (χ0v) is 11.5. The molecule has 3 rings (SSSR count). The summed E-state index contributed by atoms with van der Waals surface area (Å²) in [7, 11) is 0. The van der Waals surface area contributed by atoms with Crippen LogP contribution >= 0.6 is 0 Å². The van der Waals surface area contributed by atoms with Crippen molar-refractivity contribution in [1.82, 2.24) is 14.9 Å². The van der Waals surface area contributed by atoms with Crippen molar-refractivity contribution in [3.63, 3.8) is 0 Å². The van der Waals surface area contributed by atoms with Crippen molar-refractivity contribution >= 4 is 17.5 Å². The first kappa shape index (κ1) is 13.2. The SMILES string of the molecule is Cc1cnc(C(=O)N2CC(=O)Nc3ccccc3C2)cn1. The van der Waals surface area contributed by atoms with Crippen LogP contribution in [0.25, 0.3) is 0 Å². The molecular weight excluding hydrogens is 268 g/mol. The maximum Gasteiger partial charge on any atom is 0.274 e. The van der Waals surface area contributed by atoms with Crippen LogP contribution in [0.4, 0.5) is 5.69 Å². The van der Waals surface area contributed by atoms with E-state index in [0.717, 1.165) is 16.9 Å². The molecule has 1 aromatic carbocycles. The maximum absolute atomic E-state index is 12.5. The fourth-order valence-electron chi connectivity index (χ4n) is 2.21. The van der Waals surface area contributed by atoms with Crippen molar-refractivity contribution in [2.45, 2.75) is 13.5 Å². The van der Waals surface area contributed by atoms with Gasteiger partial charge in [-0.3, -0.25) is 14.6 Å². The fourth-order valence-corrected chi connectivity index (χ4v) is 2.21. The minimum atomic E-state index is -0.297. The number of aromatic nitrogens is 2. The summed E-state index contributed by atoms with van der Waals surface area (Å²) >= 11 is 0. The smallest absolute Gasteiger partial charge is 0.274 e. The molecule has 0 bridgehead atoms. The normalized spacial score (nSPS) is 14.1. The van der Waals surface area contributed by atoms with Gasteiger partial charge in [0.2, 0.25) is 5.91 Å². The molecule has 6 nitrogen and oxygen atoms in total. The van der Waals surface area contributed by atoms with Gasteiger partial charge in [-0.2, -0.15) is 0 Å². The molecule has 21 heavy (non-hydrogen) atoms. The molecule has 0 aliphatic carbocycles. The molecule has 0 spiro atoms. The quantitative estimate of drug-likeness (QED) is 0.857. The number of hydrogen-bond acceptors (Lipinski definition) is 4. The van der Waals surface area contributed by atoms with Gasteiger partial charge in [0.15, 0.2) is 0 Å². The Morgan fingerprint density at radius 1 is 1.19 bits per heavy atom. The molecule has 1 aliphatic heterocycles. The van der Waals surface area contributed by atoms with Gasteiger partial charge < -0.3 is 10.2 Å². The summed E-state index contributed by atoms with van der Waals surface area (Å²) in [5.74, 6) is -0.511. The highest BCUT2D eigenvalue weighted by Gasteiger charge is 2.24. The molecule has 0 radical (unpaired) electrons. The molecule has 6 heteroatoms. The number of benzene rings is 1. The Balaban J connectivity index is 1.90. The van der Waals surface area contributed by atoms with Gasteiger partial charge in [0, 0.05) is 18.4 Å². The van der Waals surface area contributed by atoms with E-state index in [4.69, 9.17) is 0 Å². The predicted molar refractivity (Wildman–Crippen MR) is 76.6 cm³/mol. The molecule has 0 saturated heterocycles. The molecule has 2 aromatic rings. The number of rotatable bonds is 1. The second kappa shape index (κ2) is 5.32. The zero-order valence-electron chi connectivity index (χ0n) is 11.5. The number of carbonyl (C=O) groups excluding carboxylic acids is 2. The largest absolute Gasteiger partial charge is 0.324 e. The van der Waals surface area contributed by atoms with Crippen molar-refractivity contribution in [3.8, 4) is 0 Å². The van der Waals surface area contributed by atoms with Gasteiger partial charge in [0.25, 0.3) is 5.91 Å². The number of para-hydroxylation sites is 1. The number of amides is 2. The van der Waals surface area contributed by atoms with Gasteiger partial charge >= 0.3 is 0 Å². The summed E-state index contributed by atoms with van der Waals surface area (Å²) in [6, 6.07) is 7.45. The standard InChI is InChI=1S/C15H14N4O2/c1-10-6-17-13(7-16-10)15(21)19-8-11-4-2-3-5-12(11)18-14(20)9-19/h2-7H,8-9H2,1H3,(H,18,20). The Labute approximate surface area is 121 Å². The Morgan fingerprint density at radius 3 is 2.76 bits per heavy atom. The molecule has 2 amide bonds. The molecule has 106 valence electrons. The average molecular weight is 282 g/mol. The van der Waals surface area contributed by atoms with Crippen LogP contribution in [0.5, 0.6) is 0 Å². The highest BCUT2D eigenvalue weighted by atomic mass is 16.2. The number of nitrogens with zero attached hydrogens (tertiary/aromatic N) is 3. The number of carbonyl (C=O) groups is 2. The van der Waals surface area contributed by atoms with Gasteiger partial charge in [-0.15, -0.1) is 0 Å². The lowest BCUT2D eigenvalue weighted by Crippen LogP contribution is -2.35. The van der Waals surface area contributed by atoms with Gasteiger partial charge in [0.1, 0.15) is 12.2 Å². The van der Waals surface area contributed by atoms with E-state index in [9.17, 15) is 9.59 Å². The van der Waals surface area contributed by atoms with E-state index in [1.54, 1.807) is 13.1 Å². The van der Waals surface area contributed by atoms with Crippen LogP contribution in [-0.4, -0.2) is 33.2 Å². The van der Waals surface area contributed by atoms with E-state index in [-0.39, 0.29) is 24.1 Å². The zero-order chi connectivity index (χ0) is 14.8. The van der Waals surface area contributed by atoms with E-state index in [0.29, 0.717) is 6.54 Å². The lowest BCUT2D eigenvalue weighted by Gasteiger charge is -2.18. The first-order valence-corrected chi connectivity index (χ1v) is 6.59. The Morgan fingerprint density at radius 2 is 2.00 bits per heavy atom. The minimum absolute atomic E-state index is 0.00305. The molecule has 0 fully saturated rings. The summed E-state index contributed by atoms with van der Waals surface area (Å²) in [5, 5.41) is 2.80. The summed E-state index contributed by atoms with van der Waals surface area (Å²) in [5.41, 5.74) is 2.63. The molecule has 2 heterocycles. The molecule has 0 unspecified atom stereocenters. The second-order valence-corrected chi connectivity index (χ2v) is 4.91. The summed E-state index contributed by atoms with van der Waals surface area (Å²) in [6.07, 6.45) is 2.98. The number of fused-ring (bicyclic) bond motifs is 1. The van der Waals surface area contributed by atoms with Gasteiger partial charge in [-0.05, 0) is 18.6 Å². The first-order valence-electron chi connectivity index (χ1n) is 6.59. The molecule has 1 aromatic heterocycles. The lowest BCUT2D eigenvalue weighted by molar-refractivity contribution is -0.116. The molecule has 0 atom stereocenters. The van der Waals surface area contributed by atoms with Crippen molar-refractivity contribution < 1.29 is 9.59 Å². The third-order valence-electron chi connectivity index (χ3n) is 3.27. The summed E-state index contributed by atoms with van der Waals surface area (Å²) in [4.78, 5) is 34.0. The summed E-state index contributed by atoms with van der Waals surface area (Å²) in [6.45, 7) is 2.17. The number of anilines is 1. The molecular formula is C15H14N4O2. The van der Waals surface area contributed by atoms with Crippen LogP contribution in [0.1, 0.15) is 21.7 Å². The maximum atomic E-state index is 12.5. The fraction of sp³-hybridized carbons (Fsp3) is 0.200. The van der Waals surface area contributed by atoms with Gasteiger partial charge in [0.05, 0.1) is 11.9 Å². The van der Waals surface area contributed by atoms with E-state index < -0.39 is 0 Å². The van der Waals surface area contributed by atoms with Gasteiger partial charge in [-0.25, -0.2) is 4.98 Å². The number of hydrogen-bond donors (Lipinski definition) is 1. The Bertz CT molecular complexity index is 697. The van der Waals surface area contributed by atoms with Crippen LogP contribution in [0.2, 0.25) is 0 Å². The first-order chi connectivity index (χ1) is 10.1. The highest BCUT2D eigenvalue weighted by Crippen LogP contribution is 2.21. The average Bonchev–Trinajstić information content (AvgIpc) is 2.65. The Hall–Kier alpha value is -2.76. The third kappa shape index (κ3) is 2.74. The van der Waals surface area contributed by atoms with Crippen LogP contribution in [0, 0.1) is 6.92 Å². The third-order valence-corrected chi connectivity index (χ3v) is 3.27. The minimum Gasteiger partial charge on any atom is -0.324 e. The van der Waals surface area contributed by atoms with E-state index in [1.807, 2.05) is 24.3 Å². The monoisotopic (exact) mass is 282 g/mol. The van der Waals surface area contributed by atoms with Gasteiger partial charge in [-0.1, -0.05) is 18.2 Å². The molecule has 0 saturated carbocycles. The molecule has 1 N–H and O–H groups in total. The van der Waals surface area contributed by atoms with Crippen molar-refractivity contribution in [2.75, 3.05) is 11.9 Å².